The lowest BCUT2D eigenvalue weighted by molar-refractivity contribution is 0.0452. The van der Waals surface area contributed by atoms with Crippen molar-refractivity contribution < 1.29 is 9.47 Å². The minimum atomic E-state index is -0.286. The Labute approximate surface area is 86.6 Å². The van der Waals surface area contributed by atoms with Crippen molar-refractivity contribution >= 4 is 0 Å². The maximum absolute atomic E-state index is 5.55. The molecule has 0 spiro atoms. The van der Waals surface area contributed by atoms with Crippen LogP contribution >= 0.6 is 0 Å². The molecular weight excluding hydrogens is 176 g/mol. The van der Waals surface area contributed by atoms with E-state index in [1.165, 1.54) is 11.1 Å². The maximum Gasteiger partial charge on any atom is 0.107 e. The first kappa shape index (κ1) is 11.5. The van der Waals surface area contributed by atoms with Gasteiger partial charge in [0.25, 0.3) is 0 Å². The number of methoxy groups -OCH3 is 2. The number of hydrogen-bond acceptors (Lipinski definition) is 2. The Morgan fingerprint density at radius 2 is 1.36 bits per heavy atom. The molecule has 0 aromatic rings. The van der Waals surface area contributed by atoms with E-state index in [1.54, 1.807) is 14.2 Å². The molecule has 0 radical (unpaired) electrons. The zero-order chi connectivity index (χ0) is 11.0. The molecule has 0 amide bonds. The predicted octanol–water partition coefficient (Wildman–Crippen LogP) is 2.70. The Bertz CT molecular complexity index is 267. The lowest BCUT2D eigenvalue weighted by Gasteiger charge is -2.38. The van der Waals surface area contributed by atoms with E-state index >= 15 is 0 Å². The van der Waals surface area contributed by atoms with Gasteiger partial charge >= 0.3 is 0 Å². The van der Waals surface area contributed by atoms with Gasteiger partial charge in [-0.1, -0.05) is 0 Å². The third-order valence-corrected chi connectivity index (χ3v) is 3.36. The van der Waals surface area contributed by atoms with Gasteiger partial charge in [0.1, 0.15) is 11.2 Å². The molecule has 2 heteroatoms. The van der Waals surface area contributed by atoms with Crippen molar-refractivity contribution in [1.82, 2.24) is 0 Å². The second-order valence-electron chi connectivity index (χ2n) is 4.28. The first-order valence-corrected chi connectivity index (χ1v) is 4.88. The molecule has 0 N–H and O–H groups in total. The van der Waals surface area contributed by atoms with Gasteiger partial charge in [0.2, 0.25) is 0 Å². The minimum absolute atomic E-state index is 0.266. The second kappa shape index (κ2) is 3.52. The van der Waals surface area contributed by atoms with Crippen molar-refractivity contribution in [1.29, 1.82) is 0 Å². The van der Waals surface area contributed by atoms with E-state index in [1.807, 2.05) is 0 Å². The third-order valence-electron chi connectivity index (χ3n) is 3.36. The smallest absolute Gasteiger partial charge is 0.107 e. The second-order valence-corrected chi connectivity index (χ2v) is 4.28. The Morgan fingerprint density at radius 1 is 0.929 bits per heavy atom. The Balaban J connectivity index is 3.15. The molecule has 0 atom stereocenters. The molecule has 2 nitrogen and oxygen atoms in total. The first-order valence-electron chi connectivity index (χ1n) is 4.88. The summed E-state index contributed by atoms with van der Waals surface area (Å²) in [7, 11) is 3.47. The standard InChI is InChI=1S/C12H20O2/c1-9-7-11(3,13-5)8-10(2)12(9,4)14-6/h7-8H,1-6H3. The van der Waals surface area contributed by atoms with E-state index in [4.69, 9.17) is 9.47 Å². The van der Waals surface area contributed by atoms with Gasteiger partial charge in [-0.3, -0.25) is 0 Å². The van der Waals surface area contributed by atoms with Gasteiger partial charge in [0.15, 0.2) is 0 Å². The van der Waals surface area contributed by atoms with E-state index in [2.05, 4.69) is 39.8 Å². The molecule has 0 saturated carbocycles. The van der Waals surface area contributed by atoms with Gasteiger partial charge in [-0.2, -0.15) is 0 Å². The van der Waals surface area contributed by atoms with E-state index < -0.39 is 0 Å². The predicted molar refractivity (Wildman–Crippen MR) is 58.3 cm³/mol. The lowest BCUT2D eigenvalue weighted by Crippen LogP contribution is -2.38. The maximum atomic E-state index is 5.55. The Morgan fingerprint density at radius 3 is 1.64 bits per heavy atom. The van der Waals surface area contributed by atoms with Crippen LogP contribution in [-0.2, 0) is 9.47 Å². The fourth-order valence-corrected chi connectivity index (χ4v) is 1.93. The van der Waals surface area contributed by atoms with E-state index in [9.17, 15) is 0 Å². The fourth-order valence-electron chi connectivity index (χ4n) is 1.93. The van der Waals surface area contributed by atoms with Crippen LogP contribution in [0, 0.1) is 0 Å². The highest BCUT2D eigenvalue weighted by Gasteiger charge is 2.36. The molecule has 1 rings (SSSR count). The van der Waals surface area contributed by atoms with Crippen LogP contribution in [0.25, 0.3) is 0 Å². The highest BCUT2D eigenvalue weighted by atomic mass is 16.5. The molecule has 80 valence electrons. The zero-order valence-corrected chi connectivity index (χ0v) is 9.97. The fraction of sp³-hybridized carbons (Fsp3) is 0.667. The summed E-state index contributed by atoms with van der Waals surface area (Å²) in [5, 5.41) is 0. The largest absolute Gasteiger partial charge is 0.370 e. The topological polar surface area (TPSA) is 18.5 Å². The van der Waals surface area contributed by atoms with Crippen molar-refractivity contribution in [2.75, 3.05) is 14.2 Å². The average molecular weight is 196 g/mol. The van der Waals surface area contributed by atoms with E-state index in [0.29, 0.717) is 0 Å². The summed E-state index contributed by atoms with van der Waals surface area (Å²) >= 11 is 0. The van der Waals surface area contributed by atoms with Crippen LogP contribution in [-0.4, -0.2) is 25.4 Å². The monoisotopic (exact) mass is 196 g/mol. The van der Waals surface area contributed by atoms with Crippen LogP contribution in [0.3, 0.4) is 0 Å². The van der Waals surface area contributed by atoms with Gasteiger partial charge in [-0.15, -0.1) is 0 Å². The Hall–Kier alpha value is -0.600. The average Bonchev–Trinajstić information content (AvgIpc) is 2.14. The van der Waals surface area contributed by atoms with Crippen molar-refractivity contribution in [3.8, 4) is 0 Å². The van der Waals surface area contributed by atoms with Gasteiger partial charge in [0, 0.05) is 14.2 Å². The first-order chi connectivity index (χ1) is 6.38. The minimum Gasteiger partial charge on any atom is -0.370 e. The van der Waals surface area contributed by atoms with E-state index in [0.717, 1.165) is 0 Å². The van der Waals surface area contributed by atoms with Crippen LogP contribution in [0.5, 0.6) is 0 Å². The molecule has 0 fully saturated rings. The summed E-state index contributed by atoms with van der Waals surface area (Å²) in [6, 6.07) is 0. The van der Waals surface area contributed by atoms with Gasteiger partial charge < -0.3 is 9.47 Å². The quantitative estimate of drug-likeness (QED) is 0.632. The lowest BCUT2D eigenvalue weighted by atomic mass is 9.79. The van der Waals surface area contributed by atoms with Crippen molar-refractivity contribution in [3.63, 3.8) is 0 Å². The molecule has 0 aromatic heterocycles. The van der Waals surface area contributed by atoms with Crippen LogP contribution in [0.2, 0.25) is 0 Å². The molecule has 0 saturated heterocycles. The summed E-state index contributed by atoms with van der Waals surface area (Å²) in [5.74, 6) is 0. The molecule has 0 aromatic carbocycles. The normalized spacial score (nSPS) is 37.9. The molecule has 0 bridgehead atoms. The summed E-state index contributed by atoms with van der Waals surface area (Å²) in [4.78, 5) is 0. The van der Waals surface area contributed by atoms with Gasteiger partial charge in [-0.05, 0) is 51.0 Å². The molecule has 1 aliphatic rings. The van der Waals surface area contributed by atoms with E-state index in [-0.39, 0.29) is 11.2 Å². The van der Waals surface area contributed by atoms with Crippen LogP contribution in [0.15, 0.2) is 23.3 Å². The van der Waals surface area contributed by atoms with Crippen LogP contribution in [0.4, 0.5) is 0 Å². The summed E-state index contributed by atoms with van der Waals surface area (Å²) in [6.45, 7) is 8.30. The summed E-state index contributed by atoms with van der Waals surface area (Å²) in [6.07, 6.45) is 4.23. The number of hydrogen-bond donors (Lipinski definition) is 0. The van der Waals surface area contributed by atoms with Crippen molar-refractivity contribution in [3.05, 3.63) is 23.3 Å². The number of rotatable bonds is 2. The van der Waals surface area contributed by atoms with Crippen LogP contribution in [0.1, 0.15) is 27.7 Å². The van der Waals surface area contributed by atoms with Crippen molar-refractivity contribution in [2.24, 2.45) is 0 Å². The molecule has 0 heterocycles. The highest BCUT2D eigenvalue weighted by molar-refractivity contribution is 5.39. The van der Waals surface area contributed by atoms with Crippen molar-refractivity contribution in [2.45, 2.75) is 38.9 Å². The van der Waals surface area contributed by atoms with Gasteiger partial charge in [-0.25, -0.2) is 0 Å². The van der Waals surface area contributed by atoms with Gasteiger partial charge in [0.05, 0.1) is 0 Å². The molecule has 14 heavy (non-hydrogen) atoms. The van der Waals surface area contributed by atoms with Crippen LogP contribution < -0.4 is 0 Å². The Kier molecular flexibility index (Phi) is 2.88. The zero-order valence-electron chi connectivity index (χ0n) is 9.97. The summed E-state index contributed by atoms with van der Waals surface area (Å²) < 4.78 is 11.0. The summed E-state index contributed by atoms with van der Waals surface area (Å²) in [5.41, 5.74) is 1.85. The molecular formula is C12H20O2. The molecule has 1 aliphatic carbocycles. The SMILES string of the molecule is COC1(C)C=C(C)C(C)(OC)C(C)=C1. The highest BCUT2D eigenvalue weighted by Crippen LogP contribution is 2.37. The molecule has 0 aliphatic heterocycles. The number of ether oxygens (including phenoxy) is 2. The third kappa shape index (κ3) is 1.64. The molecule has 0 unspecified atom stereocenters.